The number of rotatable bonds is 3. The molecule has 13 heavy (non-hydrogen) atoms. The van der Waals surface area contributed by atoms with E-state index in [9.17, 15) is 5.11 Å². The Hall–Kier alpha value is -1.22. The van der Waals surface area contributed by atoms with E-state index >= 15 is 0 Å². The van der Waals surface area contributed by atoms with E-state index in [1.807, 2.05) is 0 Å². The first-order valence-electron chi connectivity index (χ1n) is 4.09. The van der Waals surface area contributed by atoms with Crippen molar-refractivity contribution in [2.75, 3.05) is 14.2 Å². The average molecular weight is 182 g/mol. The van der Waals surface area contributed by atoms with Gasteiger partial charge in [-0.15, -0.1) is 0 Å². The molecule has 0 aliphatic carbocycles. The van der Waals surface area contributed by atoms with Crippen molar-refractivity contribution in [1.82, 2.24) is 0 Å². The molecule has 3 heteroatoms. The fourth-order valence-electron chi connectivity index (χ4n) is 1.16. The molecule has 72 valence electrons. The van der Waals surface area contributed by atoms with Crippen LogP contribution in [-0.2, 0) is 0 Å². The first-order valence-corrected chi connectivity index (χ1v) is 4.09. The molecule has 0 saturated carbocycles. The molecule has 0 aliphatic rings. The highest BCUT2D eigenvalue weighted by molar-refractivity contribution is 5.41. The number of hydrogen-bond acceptors (Lipinski definition) is 3. The Morgan fingerprint density at radius 1 is 1.23 bits per heavy atom. The second-order valence-corrected chi connectivity index (χ2v) is 2.78. The SMILES string of the molecule is COc1ccc([C@H](C)O)c(OC)c1. The van der Waals surface area contributed by atoms with Gasteiger partial charge in [-0.2, -0.15) is 0 Å². The van der Waals surface area contributed by atoms with E-state index in [0.29, 0.717) is 5.75 Å². The minimum Gasteiger partial charge on any atom is -0.497 e. The Balaban J connectivity index is 3.08. The summed E-state index contributed by atoms with van der Waals surface area (Å²) < 4.78 is 10.1. The predicted molar refractivity (Wildman–Crippen MR) is 50.2 cm³/mol. The average Bonchev–Trinajstić information content (AvgIpc) is 2.16. The zero-order valence-corrected chi connectivity index (χ0v) is 8.07. The second-order valence-electron chi connectivity index (χ2n) is 2.78. The summed E-state index contributed by atoms with van der Waals surface area (Å²) in [5.41, 5.74) is 0.767. The summed E-state index contributed by atoms with van der Waals surface area (Å²) in [5, 5.41) is 9.38. The summed E-state index contributed by atoms with van der Waals surface area (Å²) in [5.74, 6) is 1.37. The van der Waals surface area contributed by atoms with Crippen molar-refractivity contribution in [1.29, 1.82) is 0 Å². The Bertz CT molecular complexity index is 281. The molecular formula is C10H14O3. The van der Waals surface area contributed by atoms with Crippen LogP contribution in [0, 0.1) is 0 Å². The molecule has 0 aromatic heterocycles. The van der Waals surface area contributed by atoms with E-state index in [4.69, 9.17) is 9.47 Å². The third-order valence-corrected chi connectivity index (χ3v) is 1.89. The first kappa shape index (κ1) is 9.86. The molecule has 1 aromatic carbocycles. The number of hydrogen-bond donors (Lipinski definition) is 1. The summed E-state index contributed by atoms with van der Waals surface area (Å²) in [4.78, 5) is 0. The quantitative estimate of drug-likeness (QED) is 0.774. The Kier molecular flexibility index (Phi) is 3.14. The topological polar surface area (TPSA) is 38.7 Å². The van der Waals surface area contributed by atoms with E-state index in [0.717, 1.165) is 11.3 Å². The molecule has 0 radical (unpaired) electrons. The molecule has 0 aliphatic heterocycles. The first-order chi connectivity index (χ1) is 6.19. The van der Waals surface area contributed by atoms with Gasteiger partial charge in [0, 0.05) is 11.6 Å². The van der Waals surface area contributed by atoms with Gasteiger partial charge >= 0.3 is 0 Å². The van der Waals surface area contributed by atoms with E-state index in [2.05, 4.69) is 0 Å². The van der Waals surface area contributed by atoms with Crippen LogP contribution in [0.15, 0.2) is 18.2 Å². The van der Waals surface area contributed by atoms with E-state index in [-0.39, 0.29) is 0 Å². The lowest BCUT2D eigenvalue weighted by Gasteiger charge is -2.11. The highest BCUT2D eigenvalue weighted by Gasteiger charge is 2.08. The molecule has 1 N–H and O–H groups in total. The molecule has 0 bridgehead atoms. The van der Waals surface area contributed by atoms with Crippen LogP contribution in [0.25, 0.3) is 0 Å². The van der Waals surface area contributed by atoms with Crippen LogP contribution in [0.3, 0.4) is 0 Å². The minimum absolute atomic E-state index is 0.527. The van der Waals surface area contributed by atoms with Gasteiger partial charge in [-0.05, 0) is 19.1 Å². The van der Waals surface area contributed by atoms with Gasteiger partial charge in [-0.3, -0.25) is 0 Å². The fourth-order valence-corrected chi connectivity index (χ4v) is 1.16. The van der Waals surface area contributed by atoms with E-state index in [1.54, 1.807) is 39.3 Å². The van der Waals surface area contributed by atoms with Crippen molar-refractivity contribution < 1.29 is 14.6 Å². The molecular weight excluding hydrogens is 168 g/mol. The predicted octanol–water partition coefficient (Wildman–Crippen LogP) is 1.76. The van der Waals surface area contributed by atoms with Gasteiger partial charge in [0.25, 0.3) is 0 Å². The van der Waals surface area contributed by atoms with Crippen molar-refractivity contribution in [3.63, 3.8) is 0 Å². The van der Waals surface area contributed by atoms with Crippen LogP contribution >= 0.6 is 0 Å². The number of aliphatic hydroxyl groups excluding tert-OH is 1. The van der Waals surface area contributed by atoms with Gasteiger partial charge in [0.2, 0.25) is 0 Å². The van der Waals surface area contributed by atoms with Crippen LogP contribution in [0.2, 0.25) is 0 Å². The van der Waals surface area contributed by atoms with Gasteiger partial charge in [0.05, 0.1) is 20.3 Å². The van der Waals surface area contributed by atoms with Gasteiger partial charge in [-0.1, -0.05) is 0 Å². The second kappa shape index (κ2) is 4.14. The molecule has 0 spiro atoms. The van der Waals surface area contributed by atoms with Crippen molar-refractivity contribution in [2.24, 2.45) is 0 Å². The molecule has 0 amide bonds. The van der Waals surface area contributed by atoms with E-state index < -0.39 is 6.10 Å². The standard InChI is InChI=1S/C10H14O3/c1-7(11)9-5-4-8(12-2)6-10(9)13-3/h4-7,11H,1-3H3/t7-/m0/s1. The summed E-state index contributed by atoms with van der Waals surface area (Å²) >= 11 is 0. The lowest BCUT2D eigenvalue weighted by atomic mass is 10.1. The van der Waals surface area contributed by atoms with E-state index in [1.165, 1.54) is 0 Å². The van der Waals surface area contributed by atoms with Crippen molar-refractivity contribution in [3.8, 4) is 11.5 Å². The van der Waals surface area contributed by atoms with Crippen LogP contribution in [-0.4, -0.2) is 19.3 Å². The van der Waals surface area contributed by atoms with Gasteiger partial charge in [0.15, 0.2) is 0 Å². The molecule has 0 heterocycles. The summed E-state index contributed by atoms with van der Waals surface area (Å²) in [6.07, 6.45) is -0.527. The number of benzene rings is 1. The maximum atomic E-state index is 9.38. The highest BCUT2D eigenvalue weighted by Crippen LogP contribution is 2.28. The van der Waals surface area contributed by atoms with Gasteiger partial charge in [0.1, 0.15) is 11.5 Å². The molecule has 1 rings (SSSR count). The maximum absolute atomic E-state index is 9.38. The van der Waals surface area contributed by atoms with Crippen LogP contribution in [0.4, 0.5) is 0 Å². The van der Waals surface area contributed by atoms with Crippen molar-refractivity contribution in [2.45, 2.75) is 13.0 Å². The third kappa shape index (κ3) is 2.12. The lowest BCUT2D eigenvalue weighted by molar-refractivity contribution is 0.194. The van der Waals surface area contributed by atoms with Gasteiger partial charge < -0.3 is 14.6 Å². The largest absolute Gasteiger partial charge is 0.497 e. The summed E-state index contributed by atoms with van der Waals surface area (Å²) in [6.45, 7) is 1.70. The smallest absolute Gasteiger partial charge is 0.128 e. The number of ether oxygens (including phenoxy) is 2. The highest BCUT2D eigenvalue weighted by atomic mass is 16.5. The van der Waals surface area contributed by atoms with Crippen LogP contribution in [0.5, 0.6) is 11.5 Å². The third-order valence-electron chi connectivity index (χ3n) is 1.89. The van der Waals surface area contributed by atoms with Gasteiger partial charge in [-0.25, -0.2) is 0 Å². The Labute approximate surface area is 77.9 Å². The fraction of sp³-hybridized carbons (Fsp3) is 0.400. The Morgan fingerprint density at radius 2 is 1.92 bits per heavy atom. The maximum Gasteiger partial charge on any atom is 0.128 e. The minimum atomic E-state index is -0.527. The zero-order chi connectivity index (χ0) is 9.84. The normalized spacial score (nSPS) is 12.3. The van der Waals surface area contributed by atoms with Crippen molar-refractivity contribution >= 4 is 0 Å². The lowest BCUT2D eigenvalue weighted by Crippen LogP contribution is -1.96. The molecule has 0 unspecified atom stereocenters. The molecule has 1 aromatic rings. The Morgan fingerprint density at radius 3 is 2.38 bits per heavy atom. The van der Waals surface area contributed by atoms with Crippen LogP contribution in [0.1, 0.15) is 18.6 Å². The monoisotopic (exact) mass is 182 g/mol. The zero-order valence-electron chi connectivity index (χ0n) is 8.07. The number of aliphatic hydroxyl groups is 1. The molecule has 0 fully saturated rings. The number of methoxy groups -OCH3 is 2. The summed E-state index contributed by atoms with van der Waals surface area (Å²) in [7, 11) is 3.16. The van der Waals surface area contributed by atoms with Crippen molar-refractivity contribution in [3.05, 3.63) is 23.8 Å². The molecule has 3 nitrogen and oxygen atoms in total. The summed E-state index contributed by atoms with van der Waals surface area (Å²) in [6, 6.07) is 5.34. The molecule has 0 saturated heterocycles. The van der Waals surface area contributed by atoms with Crippen LogP contribution < -0.4 is 9.47 Å². The molecule has 1 atom stereocenters.